The average molecular weight is 835 g/mol. The molecule has 1 aliphatic carbocycles. The van der Waals surface area contributed by atoms with E-state index in [0.29, 0.717) is 37.9 Å². The van der Waals surface area contributed by atoms with E-state index in [1.807, 2.05) is 45.9 Å². The summed E-state index contributed by atoms with van der Waals surface area (Å²) in [6, 6.07) is 12.9. The van der Waals surface area contributed by atoms with Crippen LogP contribution in [0.1, 0.15) is 90.7 Å². The quantitative estimate of drug-likeness (QED) is 0.159. The molecule has 4 aromatic rings. The van der Waals surface area contributed by atoms with Crippen LogP contribution in [0.4, 0.5) is 0 Å². The number of fused-ring (bicyclic) bond motifs is 6. The van der Waals surface area contributed by atoms with Crippen molar-refractivity contribution in [3.63, 3.8) is 0 Å². The average Bonchev–Trinajstić information content (AvgIpc) is 3.90. The number of benzene rings is 2. The summed E-state index contributed by atoms with van der Waals surface area (Å²) in [6.45, 7) is 15.2. The number of phenols is 1. The maximum atomic E-state index is 14.6. The van der Waals surface area contributed by atoms with Crippen molar-refractivity contribution < 1.29 is 33.8 Å². The Labute approximate surface area is 359 Å². The largest absolute Gasteiger partial charge is 0.508 e. The van der Waals surface area contributed by atoms with Gasteiger partial charge in [-0.1, -0.05) is 46.8 Å². The molecular weight excluding hydrogens is 773 g/mol. The second-order valence-corrected chi connectivity index (χ2v) is 18.5. The molecule has 326 valence electrons. The minimum atomic E-state index is -1.09. The van der Waals surface area contributed by atoms with Gasteiger partial charge in [-0.3, -0.25) is 29.2 Å². The minimum absolute atomic E-state index is 0.0177. The topological polar surface area (TPSA) is 155 Å². The summed E-state index contributed by atoms with van der Waals surface area (Å²) in [4.78, 5) is 62.4. The van der Waals surface area contributed by atoms with Crippen LogP contribution in [0.15, 0.2) is 54.7 Å². The van der Waals surface area contributed by atoms with E-state index in [9.17, 15) is 24.3 Å². The van der Waals surface area contributed by atoms with Crippen molar-refractivity contribution >= 4 is 34.6 Å². The van der Waals surface area contributed by atoms with E-state index in [2.05, 4.69) is 54.3 Å². The first-order valence-electron chi connectivity index (χ1n) is 21.8. The Morgan fingerprint density at radius 2 is 1.87 bits per heavy atom. The first kappa shape index (κ1) is 43.8. The number of aromatic hydroxyl groups is 1. The predicted molar refractivity (Wildman–Crippen MR) is 234 cm³/mol. The summed E-state index contributed by atoms with van der Waals surface area (Å²) in [6.07, 6.45) is 3.91. The van der Waals surface area contributed by atoms with E-state index in [0.717, 1.165) is 51.0 Å². The van der Waals surface area contributed by atoms with Crippen molar-refractivity contribution in [3.8, 4) is 28.1 Å². The van der Waals surface area contributed by atoms with Gasteiger partial charge >= 0.3 is 5.97 Å². The number of carbonyl (C=O) groups excluding carboxylic acids is 4. The molecule has 7 rings (SSSR count). The number of rotatable bonds is 9. The molecule has 13 heteroatoms. The van der Waals surface area contributed by atoms with Crippen LogP contribution < -0.4 is 10.7 Å². The van der Waals surface area contributed by atoms with Gasteiger partial charge < -0.3 is 29.4 Å². The van der Waals surface area contributed by atoms with Crippen LogP contribution in [0.5, 0.6) is 5.75 Å². The Hall–Kier alpha value is -5.27. The first-order chi connectivity index (χ1) is 29.0. The molecule has 61 heavy (non-hydrogen) atoms. The number of nitrogens with one attached hydrogen (secondary N) is 2. The summed E-state index contributed by atoms with van der Waals surface area (Å²) in [5, 5.41) is 16.7. The smallest absolute Gasteiger partial charge is 0.324 e. The fourth-order valence-corrected chi connectivity index (χ4v) is 9.31. The number of nitrogens with zero attached hydrogens (tertiary/aromatic N) is 4. The van der Waals surface area contributed by atoms with Gasteiger partial charge in [-0.15, -0.1) is 0 Å². The fraction of sp³-hybridized carbons (Fsp3) is 0.521. The third-order valence-corrected chi connectivity index (χ3v) is 12.8. The van der Waals surface area contributed by atoms with Gasteiger partial charge in [-0.2, -0.15) is 0 Å². The van der Waals surface area contributed by atoms with E-state index < -0.39 is 41.3 Å². The molecule has 1 saturated heterocycles. The fourth-order valence-electron chi connectivity index (χ4n) is 9.31. The normalized spacial score (nSPS) is 22.6. The van der Waals surface area contributed by atoms with Crippen LogP contribution in [0.2, 0.25) is 0 Å². The van der Waals surface area contributed by atoms with Crippen molar-refractivity contribution in [2.45, 2.75) is 111 Å². The van der Waals surface area contributed by atoms with Crippen molar-refractivity contribution in [1.29, 1.82) is 0 Å². The van der Waals surface area contributed by atoms with Crippen molar-refractivity contribution in [1.82, 2.24) is 30.2 Å². The molecule has 6 bridgehead atoms. The van der Waals surface area contributed by atoms with Crippen molar-refractivity contribution in [2.24, 2.45) is 23.2 Å². The highest BCUT2D eigenvalue weighted by Crippen LogP contribution is 2.43. The molecule has 2 aromatic carbocycles. The van der Waals surface area contributed by atoms with Gasteiger partial charge in [0.25, 0.3) is 5.91 Å². The molecule has 4 heterocycles. The van der Waals surface area contributed by atoms with Gasteiger partial charge in [0.1, 0.15) is 23.9 Å². The van der Waals surface area contributed by atoms with Gasteiger partial charge in [-0.05, 0) is 110 Å². The molecule has 0 spiro atoms. The number of aryl methyl sites for hydroxylation is 1. The third-order valence-electron chi connectivity index (χ3n) is 12.8. The van der Waals surface area contributed by atoms with Gasteiger partial charge in [0.2, 0.25) is 11.8 Å². The molecule has 3 N–H and O–H groups in total. The lowest BCUT2D eigenvalue weighted by Gasteiger charge is -2.36. The summed E-state index contributed by atoms with van der Waals surface area (Å²) in [5.74, 6) is -1.48. The van der Waals surface area contributed by atoms with E-state index >= 15 is 0 Å². The van der Waals surface area contributed by atoms with E-state index in [1.165, 1.54) is 9.91 Å². The van der Waals surface area contributed by atoms with E-state index in [1.54, 1.807) is 32.5 Å². The summed E-state index contributed by atoms with van der Waals surface area (Å²) >= 11 is 0. The number of aromatic nitrogens is 2. The predicted octanol–water partition coefficient (Wildman–Crippen LogP) is 6.59. The summed E-state index contributed by atoms with van der Waals surface area (Å²) in [5.41, 5.74) is 9.74. The Morgan fingerprint density at radius 3 is 2.56 bits per heavy atom. The molecule has 13 nitrogen and oxygen atoms in total. The Morgan fingerprint density at radius 1 is 1.11 bits per heavy atom. The minimum Gasteiger partial charge on any atom is -0.508 e. The molecule has 6 atom stereocenters. The number of amides is 3. The third kappa shape index (κ3) is 9.04. The summed E-state index contributed by atoms with van der Waals surface area (Å²) < 4.78 is 14.2. The molecule has 2 aromatic heterocycles. The highest BCUT2D eigenvalue weighted by atomic mass is 16.5. The number of ether oxygens (including phenoxy) is 2. The maximum Gasteiger partial charge on any atom is 0.324 e. The van der Waals surface area contributed by atoms with E-state index in [4.69, 9.17) is 14.5 Å². The number of cyclic esters (lactones) is 1. The number of likely N-dealkylation sites (N-methyl/N-ethyl adjacent to an activating group) is 1. The number of pyridine rings is 1. The van der Waals surface area contributed by atoms with Crippen molar-refractivity contribution in [3.05, 3.63) is 71.5 Å². The molecule has 1 saturated carbocycles. The maximum absolute atomic E-state index is 14.6. The van der Waals surface area contributed by atoms with Crippen LogP contribution in [0, 0.1) is 23.2 Å². The number of esters is 1. The van der Waals surface area contributed by atoms with Crippen LogP contribution in [-0.4, -0.2) is 93.7 Å². The van der Waals surface area contributed by atoms with Gasteiger partial charge in [0, 0.05) is 67.7 Å². The Balaban J connectivity index is 1.35. The SMILES string of the molecule is CCn1c(-c2cccnc2[C@H](C)OC)c2c3cc(ccc31)-c1cc(O)cc(c1)C[C@H](NC(=O)C(C(C)C)N(C)C(=O)[C@H]1C[C@@H]1C)C(=O)N1CCC[C@H](N1)C(=O)OCC(C)(C)C2. The zero-order chi connectivity index (χ0) is 43.9. The zero-order valence-corrected chi connectivity index (χ0v) is 37.1. The number of methoxy groups -OCH3 is 1. The molecule has 1 unspecified atom stereocenters. The van der Waals surface area contributed by atoms with Crippen LogP contribution in [-0.2, 0) is 48.0 Å². The molecule has 3 aliphatic rings. The number of carbonyl (C=O) groups is 4. The molecule has 2 fully saturated rings. The van der Waals surface area contributed by atoms with Crippen LogP contribution >= 0.6 is 0 Å². The molecule has 2 aliphatic heterocycles. The second kappa shape index (κ2) is 17.6. The first-order valence-corrected chi connectivity index (χ1v) is 21.8. The number of hydrogen-bond donors (Lipinski definition) is 3. The zero-order valence-electron chi connectivity index (χ0n) is 37.1. The Kier molecular flexibility index (Phi) is 12.6. The lowest BCUT2D eigenvalue weighted by molar-refractivity contribution is -0.155. The second-order valence-electron chi connectivity index (χ2n) is 18.5. The number of phenolic OH excluding ortho intramolecular Hbond substituents is 1. The summed E-state index contributed by atoms with van der Waals surface area (Å²) in [7, 11) is 3.34. The highest BCUT2D eigenvalue weighted by molar-refractivity contribution is 5.96. The van der Waals surface area contributed by atoms with E-state index in [-0.39, 0.29) is 48.5 Å². The molecular formula is C48H62N6O7. The standard InChI is InChI=1S/C48H62N6O7/c1-10-53-40-16-15-31-24-36(40)37(43(53)34-13-11-17-49-41(34)29(5)60-9)25-48(6,7)26-61-47(59)38-14-12-18-54(51-38)46(58)39(22-30-20-32(31)23-33(55)21-30)50-44(56)42(27(2)3)52(8)45(57)35-19-28(35)4/h11,13,15-17,20-21,23-24,27-29,35,38-39,42,51,55H,10,12,14,18-19,22,25-26H2,1-9H3,(H,50,56)/t28-,29-,35-,38-,39-,42?/m0/s1. The van der Waals surface area contributed by atoms with Crippen LogP contribution in [0.3, 0.4) is 0 Å². The number of hydrazine groups is 1. The monoisotopic (exact) mass is 834 g/mol. The van der Waals surface area contributed by atoms with Crippen molar-refractivity contribution in [2.75, 3.05) is 27.3 Å². The molecule has 3 amide bonds. The van der Waals surface area contributed by atoms with Gasteiger partial charge in [0.15, 0.2) is 0 Å². The Bertz CT molecular complexity index is 2320. The lowest BCUT2D eigenvalue weighted by atomic mass is 9.84. The lowest BCUT2D eigenvalue weighted by Crippen LogP contribution is -2.62. The van der Waals surface area contributed by atoms with Gasteiger partial charge in [0.05, 0.1) is 24.1 Å². The highest BCUT2D eigenvalue weighted by Gasteiger charge is 2.44. The van der Waals surface area contributed by atoms with Crippen LogP contribution in [0.25, 0.3) is 33.3 Å². The van der Waals surface area contributed by atoms with Gasteiger partial charge in [-0.25, -0.2) is 5.43 Å². The molecule has 0 radical (unpaired) electrons. The number of hydrogen-bond acceptors (Lipinski definition) is 9.